The van der Waals surface area contributed by atoms with E-state index in [-0.39, 0.29) is 55.2 Å². The van der Waals surface area contributed by atoms with Gasteiger partial charge < -0.3 is 19.3 Å². The van der Waals surface area contributed by atoms with Crippen LogP contribution in [0.5, 0.6) is 11.5 Å². The SMILES string of the molecule is CC(=O)c1ccc(N2C[C@@H](C(=O)C[C@@H](Cc3ccccc3)[C@H](O)CN(CC(C)C)S(=O)(=O)c3ccc4c(c3)OCO4)OC2=O)cc1. The number of carbonyl (C=O) groups excluding carboxylic acids is 3. The number of nitrogens with zero attached hydrogens (tertiary/aromatic N) is 2. The third-order valence-electron chi connectivity index (χ3n) is 8.05. The van der Waals surface area contributed by atoms with Gasteiger partial charge in [-0.15, -0.1) is 0 Å². The molecule has 1 N–H and O–H groups in total. The van der Waals surface area contributed by atoms with E-state index in [1.54, 1.807) is 30.3 Å². The lowest BCUT2D eigenvalue weighted by Crippen LogP contribution is -2.43. The van der Waals surface area contributed by atoms with Crippen molar-refractivity contribution in [1.82, 2.24) is 4.31 Å². The first-order chi connectivity index (χ1) is 21.9. The second kappa shape index (κ2) is 14.0. The van der Waals surface area contributed by atoms with Crippen molar-refractivity contribution < 1.29 is 42.1 Å². The predicted molar refractivity (Wildman–Crippen MR) is 169 cm³/mol. The van der Waals surface area contributed by atoms with Crippen molar-refractivity contribution in [2.75, 3.05) is 31.3 Å². The molecule has 2 aliphatic rings. The summed E-state index contributed by atoms with van der Waals surface area (Å²) in [5, 5.41) is 11.6. The number of carbonyl (C=O) groups is 3. The number of rotatable bonds is 14. The minimum absolute atomic E-state index is 0.00264. The third-order valence-corrected chi connectivity index (χ3v) is 9.87. The van der Waals surface area contributed by atoms with Gasteiger partial charge in [-0.3, -0.25) is 14.5 Å². The molecule has 11 nitrogen and oxygen atoms in total. The molecule has 1 saturated heterocycles. The van der Waals surface area contributed by atoms with Gasteiger partial charge in [0.25, 0.3) is 0 Å². The number of hydrogen-bond acceptors (Lipinski definition) is 9. The summed E-state index contributed by atoms with van der Waals surface area (Å²) >= 11 is 0. The molecule has 5 rings (SSSR count). The maximum atomic E-state index is 13.9. The van der Waals surface area contributed by atoms with E-state index in [1.807, 2.05) is 44.2 Å². The summed E-state index contributed by atoms with van der Waals surface area (Å²) in [5.74, 6) is -0.450. The third kappa shape index (κ3) is 7.57. The fourth-order valence-electron chi connectivity index (χ4n) is 5.59. The average Bonchev–Trinajstić information content (AvgIpc) is 3.67. The number of amides is 1. The highest BCUT2D eigenvalue weighted by atomic mass is 32.2. The van der Waals surface area contributed by atoms with E-state index in [1.165, 1.54) is 28.3 Å². The van der Waals surface area contributed by atoms with Gasteiger partial charge >= 0.3 is 6.09 Å². The molecule has 0 spiro atoms. The highest BCUT2D eigenvalue weighted by molar-refractivity contribution is 7.89. The van der Waals surface area contributed by atoms with Gasteiger partial charge in [-0.1, -0.05) is 44.2 Å². The molecule has 0 aliphatic carbocycles. The van der Waals surface area contributed by atoms with Gasteiger partial charge in [-0.25, -0.2) is 13.2 Å². The Hall–Kier alpha value is -4.26. The summed E-state index contributed by atoms with van der Waals surface area (Å²) in [6.07, 6.45) is -2.84. The van der Waals surface area contributed by atoms with Crippen LogP contribution in [-0.2, 0) is 26.0 Å². The van der Waals surface area contributed by atoms with E-state index in [0.717, 1.165) is 5.56 Å². The highest BCUT2D eigenvalue weighted by Gasteiger charge is 2.39. The maximum absolute atomic E-state index is 13.9. The number of benzene rings is 3. The Morgan fingerprint density at radius 3 is 2.35 bits per heavy atom. The Kier molecular flexibility index (Phi) is 10.1. The van der Waals surface area contributed by atoms with Crippen molar-refractivity contribution in [2.45, 2.75) is 50.7 Å². The first-order valence-electron chi connectivity index (χ1n) is 15.2. The summed E-state index contributed by atoms with van der Waals surface area (Å²) in [6.45, 7) is 5.08. The predicted octanol–water partition coefficient (Wildman–Crippen LogP) is 4.47. The largest absolute Gasteiger partial charge is 0.454 e. The first kappa shape index (κ1) is 33.1. The van der Waals surface area contributed by atoms with Crippen molar-refractivity contribution in [3.63, 3.8) is 0 Å². The highest BCUT2D eigenvalue weighted by Crippen LogP contribution is 2.35. The minimum Gasteiger partial charge on any atom is -0.454 e. The monoisotopic (exact) mass is 650 g/mol. The van der Waals surface area contributed by atoms with Crippen LogP contribution in [-0.4, -0.2) is 74.1 Å². The zero-order valence-electron chi connectivity index (χ0n) is 26.0. The second-order valence-electron chi connectivity index (χ2n) is 12.0. The van der Waals surface area contributed by atoms with E-state index in [0.29, 0.717) is 29.2 Å². The molecule has 3 aromatic carbocycles. The van der Waals surface area contributed by atoms with Crippen molar-refractivity contribution in [1.29, 1.82) is 0 Å². The Bertz CT molecular complexity index is 1680. The topological polar surface area (TPSA) is 140 Å². The number of ketones is 2. The molecule has 0 radical (unpaired) electrons. The average molecular weight is 651 g/mol. The number of anilines is 1. The number of fused-ring (bicyclic) bond motifs is 1. The second-order valence-corrected chi connectivity index (χ2v) is 13.9. The summed E-state index contributed by atoms with van der Waals surface area (Å²) in [5.41, 5.74) is 1.85. The Labute approximate surface area is 268 Å². The van der Waals surface area contributed by atoms with Crippen molar-refractivity contribution in [2.24, 2.45) is 11.8 Å². The van der Waals surface area contributed by atoms with Gasteiger partial charge in [0, 0.05) is 36.8 Å². The summed E-state index contributed by atoms with van der Waals surface area (Å²) in [6, 6.07) is 20.2. The smallest absolute Gasteiger partial charge is 0.415 e. The first-order valence-corrected chi connectivity index (χ1v) is 16.6. The van der Waals surface area contributed by atoms with E-state index >= 15 is 0 Å². The lowest BCUT2D eigenvalue weighted by Gasteiger charge is -2.30. The van der Waals surface area contributed by atoms with Crippen LogP contribution in [0.15, 0.2) is 77.7 Å². The van der Waals surface area contributed by atoms with Crippen LogP contribution < -0.4 is 14.4 Å². The maximum Gasteiger partial charge on any atom is 0.415 e. The number of aliphatic hydroxyl groups excluding tert-OH is 1. The molecule has 46 heavy (non-hydrogen) atoms. The standard InChI is InChI=1S/C34H38N2O9S/c1-22(2)18-35(46(41,42)28-13-14-31-32(17-28)44-21-43-31)19-30(39)26(15-24-7-5-4-6-8-24)16-29(38)33-20-36(34(40)45-33)27-11-9-25(10-12-27)23(3)37/h4-14,17,22,26,30,33,39H,15-16,18-21H2,1-3H3/t26-,30-,33+/m1/s1. The molecule has 1 amide bonds. The lowest BCUT2D eigenvalue weighted by atomic mass is 9.88. The zero-order chi connectivity index (χ0) is 33.0. The van der Waals surface area contributed by atoms with Crippen LogP contribution in [0.1, 0.15) is 43.1 Å². The van der Waals surface area contributed by atoms with Gasteiger partial charge in [-0.2, -0.15) is 4.31 Å². The quantitative estimate of drug-likeness (QED) is 0.250. The van der Waals surface area contributed by atoms with Crippen LogP contribution >= 0.6 is 0 Å². The lowest BCUT2D eigenvalue weighted by molar-refractivity contribution is -0.127. The molecular weight excluding hydrogens is 612 g/mol. The van der Waals surface area contributed by atoms with E-state index in [4.69, 9.17) is 14.2 Å². The molecule has 2 heterocycles. The Morgan fingerprint density at radius 1 is 0.978 bits per heavy atom. The van der Waals surface area contributed by atoms with Gasteiger partial charge in [0.05, 0.1) is 17.5 Å². The number of sulfonamides is 1. The molecule has 0 saturated carbocycles. The Balaban J connectivity index is 1.34. The van der Waals surface area contributed by atoms with Gasteiger partial charge in [0.1, 0.15) is 0 Å². The number of ether oxygens (including phenoxy) is 3. The summed E-state index contributed by atoms with van der Waals surface area (Å²) in [4.78, 5) is 39.3. The molecule has 0 unspecified atom stereocenters. The molecule has 1 fully saturated rings. The van der Waals surface area contributed by atoms with Crippen LogP contribution in [0.2, 0.25) is 0 Å². The van der Waals surface area contributed by atoms with E-state index in [2.05, 4.69) is 0 Å². The summed E-state index contributed by atoms with van der Waals surface area (Å²) < 4.78 is 45.1. The van der Waals surface area contributed by atoms with Gasteiger partial charge in [0.2, 0.25) is 16.8 Å². The summed E-state index contributed by atoms with van der Waals surface area (Å²) in [7, 11) is -4.06. The van der Waals surface area contributed by atoms with Crippen molar-refractivity contribution in [3.05, 3.63) is 83.9 Å². The zero-order valence-corrected chi connectivity index (χ0v) is 26.8. The molecule has 12 heteroatoms. The number of aliphatic hydroxyl groups is 1. The fourth-order valence-corrected chi connectivity index (χ4v) is 7.23. The van der Waals surface area contributed by atoms with E-state index < -0.39 is 34.2 Å². The molecule has 0 bridgehead atoms. The molecule has 0 aromatic heterocycles. The number of Topliss-reactive ketones (excluding diaryl/α,β-unsaturated/α-hetero) is 2. The normalized spacial score (nSPS) is 17.3. The van der Waals surface area contributed by atoms with Crippen molar-refractivity contribution in [3.8, 4) is 11.5 Å². The van der Waals surface area contributed by atoms with Crippen LogP contribution in [0.4, 0.5) is 10.5 Å². The van der Waals surface area contributed by atoms with Crippen LogP contribution in [0, 0.1) is 11.8 Å². The van der Waals surface area contributed by atoms with Crippen molar-refractivity contribution >= 4 is 33.4 Å². The molecule has 3 atom stereocenters. The molecule has 244 valence electrons. The van der Waals surface area contributed by atoms with Gasteiger partial charge in [-0.05, 0) is 67.1 Å². The number of hydrogen-bond donors (Lipinski definition) is 1. The fraction of sp³-hybridized carbons (Fsp3) is 0.382. The number of cyclic esters (lactones) is 1. The molecule has 2 aliphatic heterocycles. The van der Waals surface area contributed by atoms with Gasteiger partial charge in [0.15, 0.2) is 29.2 Å². The van der Waals surface area contributed by atoms with Crippen LogP contribution in [0.25, 0.3) is 0 Å². The molecular formula is C34H38N2O9S. The van der Waals surface area contributed by atoms with Crippen LogP contribution in [0.3, 0.4) is 0 Å². The minimum atomic E-state index is -4.06. The molecule has 3 aromatic rings. The van der Waals surface area contributed by atoms with E-state index in [9.17, 15) is 27.9 Å². The Morgan fingerprint density at radius 2 is 1.67 bits per heavy atom.